The van der Waals surface area contributed by atoms with Crippen molar-refractivity contribution in [2.24, 2.45) is 5.41 Å². The van der Waals surface area contributed by atoms with Crippen LogP contribution in [0.5, 0.6) is 0 Å². The third-order valence-electron chi connectivity index (χ3n) is 3.23. The molecule has 0 bridgehead atoms. The minimum Gasteiger partial charge on any atom is -0.397 e. The van der Waals surface area contributed by atoms with E-state index in [2.05, 4.69) is 23.7 Å². The summed E-state index contributed by atoms with van der Waals surface area (Å²) in [7, 11) is 0. The number of rotatable bonds is 1. The second-order valence-electron chi connectivity index (χ2n) is 5.13. The van der Waals surface area contributed by atoms with Gasteiger partial charge in [0, 0.05) is 19.3 Å². The van der Waals surface area contributed by atoms with Gasteiger partial charge < -0.3 is 10.6 Å². The van der Waals surface area contributed by atoms with Crippen molar-refractivity contribution >= 4 is 11.4 Å². The maximum absolute atomic E-state index is 5.73. The second kappa shape index (κ2) is 3.72. The van der Waals surface area contributed by atoms with E-state index in [-0.39, 0.29) is 0 Å². The van der Waals surface area contributed by atoms with Crippen LogP contribution >= 0.6 is 0 Å². The van der Waals surface area contributed by atoms with E-state index in [0.717, 1.165) is 24.5 Å². The first-order valence-electron chi connectivity index (χ1n) is 5.52. The van der Waals surface area contributed by atoms with Gasteiger partial charge >= 0.3 is 0 Å². The quantitative estimate of drug-likeness (QED) is 0.765. The molecule has 2 rings (SSSR count). The van der Waals surface area contributed by atoms with Gasteiger partial charge in [-0.15, -0.1) is 0 Å². The Bertz CT molecular complexity index is 336. The van der Waals surface area contributed by atoms with Crippen LogP contribution in [0.25, 0.3) is 0 Å². The molecule has 1 aromatic heterocycles. The largest absolute Gasteiger partial charge is 0.397 e. The monoisotopic (exact) mass is 205 g/mol. The third-order valence-corrected chi connectivity index (χ3v) is 3.23. The van der Waals surface area contributed by atoms with Gasteiger partial charge in [-0.05, 0) is 24.3 Å². The average Bonchev–Trinajstić information content (AvgIpc) is 2.17. The number of hydrogen-bond donors (Lipinski definition) is 1. The zero-order chi connectivity index (χ0) is 10.9. The molecule has 0 amide bonds. The number of piperidine rings is 1. The highest BCUT2D eigenvalue weighted by molar-refractivity contribution is 5.53. The zero-order valence-electron chi connectivity index (χ0n) is 9.53. The number of anilines is 2. The van der Waals surface area contributed by atoms with Crippen molar-refractivity contribution in [2.45, 2.75) is 26.7 Å². The van der Waals surface area contributed by atoms with Crippen molar-refractivity contribution in [1.29, 1.82) is 0 Å². The number of nitrogens with two attached hydrogens (primary N) is 1. The summed E-state index contributed by atoms with van der Waals surface area (Å²) in [5, 5.41) is 0. The highest BCUT2D eigenvalue weighted by Gasteiger charge is 2.25. The molecule has 1 fully saturated rings. The summed E-state index contributed by atoms with van der Waals surface area (Å²) >= 11 is 0. The van der Waals surface area contributed by atoms with E-state index in [4.69, 9.17) is 5.73 Å². The molecule has 2 heterocycles. The molecule has 1 saturated heterocycles. The SMILES string of the molecule is CC1(C)CCN(c2cncc(N)c2)CC1. The number of nitrogens with zero attached hydrogens (tertiary/aromatic N) is 2. The van der Waals surface area contributed by atoms with Gasteiger partial charge in [0.25, 0.3) is 0 Å². The molecule has 0 unspecified atom stereocenters. The summed E-state index contributed by atoms with van der Waals surface area (Å²) in [6.07, 6.45) is 6.07. The normalized spacial score (nSPS) is 20.3. The molecule has 0 saturated carbocycles. The molecule has 82 valence electrons. The maximum Gasteiger partial charge on any atom is 0.0573 e. The topological polar surface area (TPSA) is 42.2 Å². The highest BCUT2D eigenvalue weighted by Crippen LogP contribution is 2.32. The summed E-state index contributed by atoms with van der Waals surface area (Å²) in [5.74, 6) is 0. The maximum atomic E-state index is 5.73. The van der Waals surface area contributed by atoms with E-state index in [0.29, 0.717) is 5.41 Å². The molecular formula is C12H19N3. The smallest absolute Gasteiger partial charge is 0.0573 e. The number of hydrogen-bond acceptors (Lipinski definition) is 3. The van der Waals surface area contributed by atoms with Gasteiger partial charge in [-0.25, -0.2) is 0 Å². The predicted molar refractivity (Wildman–Crippen MR) is 63.9 cm³/mol. The van der Waals surface area contributed by atoms with Gasteiger partial charge in [-0.3, -0.25) is 4.98 Å². The first-order valence-corrected chi connectivity index (χ1v) is 5.52. The fourth-order valence-corrected chi connectivity index (χ4v) is 1.99. The van der Waals surface area contributed by atoms with Crippen LogP contribution in [-0.4, -0.2) is 18.1 Å². The Kier molecular flexibility index (Phi) is 2.55. The van der Waals surface area contributed by atoms with Crippen LogP contribution in [0.1, 0.15) is 26.7 Å². The molecular weight excluding hydrogens is 186 g/mol. The van der Waals surface area contributed by atoms with Crippen LogP contribution in [0.15, 0.2) is 18.5 Å². The Labute approximate surface area is 91.3 Å². The second-order valence-corrected chi connectivity index (χ2v) is 5.13. The first kappa shape index (κ1) is 10.3. The van der Waals surface area contributed by atoms with E-state index >= 15 is 0 Å². The van der Waals surface area contributed by atoms with E-state index in [1.54, 1.807) is 6.20 Å². The lowest BCUT2D eigenvalue weighted by atomic mass is 9.82. The fraction of sp³-hybridized carbons (Fsp3) is 0.583. The standard InChI is InChI=1S/C12H19N3/c1-12(2)3-5-15(6-4-12)11-7-10(13)8-14-9-11/h7-9H,3-6,13H2,1-2H3. The van der Waals surface area contributed by atoms with Crippen molar-refractivity contribution in [1.82, 2.24) is 4.98 Å². The van der Waals surface area contributed by atoms with Crippen LogP contribution in [-0.2, 0) is 0 Å². The van der Waals surface area contributed by atoms with Crippen LogP contribution in [0, 0.1) is 5.41 Å². The Hall–Kier alpha value is -1.25. The lowest BCUT2D eigenvalue weighted by Crippen LogP contribution is -2.37. The minimum atomic E-state index is 0.490. The summed E-state index contributed by atoms with van der Waals surface area (Å²) in [5.41, 5.74) is 8.13. The van der Waals surface area contributed by atoms with Gasteiger partial charge in [0.15, 0.2) is 0 Å². The summed E-state index contributed by atoms with van der Waals surface area (Å²) < 4.78 is 0. The minimum absolute atomic E-state index is 0.490. The van der Waals surface area contributed by atoms with Crippen molar-refractivity contribution in [2.75, 3.05) is 23.7 Å². The fourth-order valence-electron chi connectivity index (χ4n) is 1.99. The predicted octanol–water partition coefficient (Wildman–Crippen LogP) is 2.29. The van der Waals surface area contributed by atoms with Crippen molar-refractivity contribution in [3.63, 3.8) is 0 Å². The van der Waals surface area contributed by atoms with Gasteiger partial charge in [0.2, 0.25) is 0 Å². The molecule has 1 aliphatic rings. The number of aromatic nitrogens is 1. The van der Waals surface area contributed by atoms with Crippen LogP contribution in [0.3, 0.4) is 0 Å². The van der Waals surface area contributed by atoms with Crippen LogP contribution in [0.2, 0.25) is 0 Å². The third kappa shape index (κ3) is 2.41. The highest BCUT2D eigenvalue weighted by atomic mass is 15.1. The Morgan fingerprint density at radius 1 is 1.27 bits per heavy atom. The average molecular weight is 205 g/mol. The molecule has 3 nitrogen and oxygen atoms in total. The van der Waals surface area contributed by atoms with Gasteiger partial charge in [0.05, 0.1) is 17.6 Å². The molecule has 1 aliphatic heterocycles. The lowest BCUT2D eigenvalue weighted by Gasteiger charge is -2.38. The summed E-state index contributed by atoms with van der Waals surface area (Å²) in [6, 6.07) is 2.01. The van der Waals surface area contributed by atoms with Crippen molar-refractivity contribution in [3.8, 4) is 0 Å². The summed E-state index contributed by atoms with van der Waals surface area (Å²) in [4.78, 5) is 6.50. The molecule has 0 spiro atoms. The van der Waals surface area contributed by atoms with Gasteiger partial charge in [-0.2, -0.15) is 0 Å². The molecule has 2 N–H and O–H groups in total. The molecule has 0 radical (unpaired) electrons. The van der Waals surface area contributed by atoms with Gasteiger partial charge in [-0.1, -0.05) is 13.8 Å². The van der Waals surface area contributed by atoms with Crippen molar-refractivity contribution in [3.05, 3.63) is 18.5 Å². The van der Waals surface area contributed by atoms with Crippen LogP contribution < -0.4 is 10.6 Å². The molecule has 15 heavy (non-hydrogen) atoms. The van der Waals surface area contributed by atoms with E-state index in [9.17, 15) is 0 Å². The molecule has 0 aliphatic carbocycles. The first-order chi connectivity index (χ1) is 7.07. The molecule has 1 aromatic rings. The molecule has 0 aromatic carbocycles. The Morgan fingerprint density at radius 3 is 2.53 bits per heavy atom. The van der Waals surface area contributed by atoms with E-state index in [1.165, 1.54) is 12.8 Å². The Morgan fingerprint density at radius 2 is 1.93 bits per heavy atom. The molecule has 0 atom stereocenters. The van der Waals surface area contributed by atoms with Crippen LogP contribution in [0.4, 0.5) is 11.4 Å². The number of nitrogen functional groups attached to an aromatic ring is 1. The van der Waals surface area contributed by atoms with E-state index in [1.807, 2.05) is 12.3 Å². The van der Waals surface area contributed by atoms with E-state index < -0.39 is 0 Å². The summed E-state index contributed by atoms with van der Waals surface area (Å²) in [6.45, 7) is 6.89. The number of pyridine rings is 1. The molecule has 3 heteroatoms. The lowest BCUT2D eigenvalue weighted by molar-refractivity contribution is 0.280. The van der Waals surface area contributed by atoms with Crippen molar-refractivity contribution < 1.29 is 0 Å². The van der Waals surface area contributed by atoms with Gasteiger partial charge in [0.1, 0.15) is 0 Å². The Balaban J connectivity index is 2.08. The zero-order valence-corrected chi connectivity index (χ0v) is 9.53.